The van der Waals surface area contributed by atoms with Crippen LogP contribution in [0.5, 0.6) is 17.2 Å². The summed E-state index contributed by atoms with van der Waals surface area (Å²) >= 11 is 0. The number of morpholine rings is 1. The highest BCUT2D eigenvalue weighted by molar-refractivity contribution is 6.07. The minimum absolute atomic E-state index is 0.0897. The Labute approximate surface area is 169 Å². The van der Waals surface area contributed by atoms with Crippen molar-refractivity contribution in [3.63, 3.8) is 0 Å². The first-order valence-corrected chi connectivity index (χ1v) is 9.15. The van der Waals surface area contributed by atoms with Gasteiger partial charge in [0.1, 0.15) is 5.75 Å². The van der Waals surface area contributed by atoms with Crippen LogP contribution in [0.3, 0.4) is 0 Å². The summed E-state index contributed by atoms with van der Waals surface area (Å²) in [6.07, 6.45) is 0. The maximum absolute atomic E-state index is 12.8. The van der Waals surface area contributed by atoms with Gasteiger partial charge in [-0.3, -0.25) is 9.59 Å². The molecule has 1 heterocycles. The molecule has 1 fully saturated rings. The van der Waals surface area contributed by atoms with Gasteiger partial charge >= 0.3 is 0 Å². The van der Waals surface area contributed by atoms with Gasteiger partial charge in [0, 0.05) is 36.5 Å². The number of hydrogen-bond donors (Lipinski definition) is 1. The van der Waals surface area contributed by atoms with Gasteiger partial charge in [0.2, 0.25) is 0 Å². The largest absolute Gasteiger partial charge is 0.496 e. The van der Waals surface area contributed by atoms with E-state index in [0.717, 1.165) is 0 Å². The molecule has 8 heteroatoms. The van der Waals surface area contributed by atoms with E-state index >= 15 is 0 Å². The van der Waals surface area contributed by atoms with Crippen molar-refractivity contribution < 1.29 is 28.5 Å². The molecule has 0 saturated carbocycles. The summed E-state index contributed by atoms with van der Waals surface area (Å²) in [5.74, 6) is 0.737. The predicted octanol–water partition coefficient (Wildman–Crippen LogP) is 2.44. The Bertz CT molecular complexity index is 893. The van der Waals surface area contributed by atoms with E-state index in [1.54, 1.807) is 41.3 Å². The summed E-state index contributed by atoms with van der Waals surface area (Å²) in [6.45, 7) is 2.17. The van der Waals surface area contributed by atoms with Crippen LogP contribution in [0.25, 0.3) is 0 Å². The highest BCUT2D eigenvalue weighted by Crippen LogP contribution is 2.35. The van der Waals surface area contributed by atoms with Crippen LogP contribution in [0.2, 0.25) is 0 Å². The van der Waals surface area contributed by atoms with Gasteiger partial charge < -0.3 is 29.2 Å². The summed E-state index contributed by atoms with van der Waals surface area (Å²) in [4.78, 5) is 27.3. The van der Waals surface area contributed by atoms with Crippen LogP contribution in [0.15, 0.2) is 36.4 Å². The van der Waals surface area contributed by atoms with Gasteiger partial charge in [-0.05, 0) is 18.2 Å². The fraction of sp³-hybridized carbons (Fsp3) is 0.333. The van der Waals surface area contributed by atoms with Crippen LogP contribution in [-0.4, -0.2) is 64.3 Å². The monoisotopic (exact) mass is 400 g/mol. The molecule has 154 valence electrons. The number of nitrogens with zero attached hydrogens (tertiary/aromatic N) is 1. The van der Waals surface area contributed by atoms with Crippen molar-refractivity contribution in [2.75, 3.05) is 52.9 Å². The minimum atomic E-state index is -0.390. The van der Waals surface area contributed by atoms with E-state index in [9.17, 15) is 9.59 Å². The average Bonchev–Trinajstić information content (AvgIpc) is 2.78. The topological polar surface area (TPSA) is 86.3 Å². The summed E-state index contributed by atoms with van der Waals surface area (Å²) in [5.41, 5.74) is 1.30. The van der Waals surface area contributed by atoms with Gasteiger partial charge in [-0.15, -0.1) is 0 Å². The molecule has 0 atom stereocenters. The fourth-order valence-corrected chi connectivity index (χ4v) is 3.08. The molecule has 2 aromatic carbocycles. The quantitative estimate of drug-likeness (QED) is 0.802. The Morgan fingerprint density at radius 2 is 1.59 bits per heavy atom. The minimum Gasteiger partial charge on any atom is -0.496 e. The maximum atomic E-state index is 12.8. The summed E-state index contributed by atoms with van der Waals surface area (Å²) in [6, 6.07) is 9.98. The van der Waals surface area contributed by atoms with Crippen LogP contribution in [0, 0.1) is 0 Å². The molecular formula is C21H24N2O6. The Kier molecular flexibility index (Phi) is 6.56. The summed E-state index contributed by atoms with van der Waals surface area (Å²) in [7, 11) is 4.47. The molecule has 0 spiro atoms. The number of hydrogen-bond acceptors (Lipinski definition) is 6. The van der Waals surface area contributed by atoms with Gasteiger partial charge in [0.05, 0.1) is 40.1 Å². The van der Waals surface area contributed by atoms with Crippen molar-refractivity contribution in [2.24, 2.45) is 0 Å². The second kappa shape index (κ2) is 9.29. The Balaban J connectivity index is 1.81. The van der Waals surface area contributed by atoms with E-state index in [0.29, 0.717) is 54.8 Å². The van der Waals surface area contributed by atoms with Gasteiger partial charge in [-0.1, -0.05) is 6.07 Å². The smallest absolute Gasteiger partial charge is 0.259 e. The fourth-order valence-electron chi connectivity index (χ4n) is 3.08. The first-order valence-electron chi connectivity index (χ1n) is 9.15. The number of rotatable bonds is 6. The zero-order valence-electron chi connectivity index (χ0n) is 16.7. The van der Waals surface area contributed by atoms with Gasteiger partial charge in [-0.25, -0.2) is 0 Å². The van der Waals surface area contributed by atoms with Gasteiger partial charge in [-0.2, -0.15) is 0 Å². The molecule has 8 nitrogen and oxygen atoms in total. The maximum Gasteiger partial charge on any atom is 0.259 e. The molecular weight excluding hydrogens is 376 g/mol. The Hall–Kier alpha value is -3.26. The first-order chi connectivity index (χ1) is 14.1. The normalized spacial score (nSPS) is 13.6. The van der Waals surface area contributed by atoms with Crippen molar-refractivity contribution in [3.8, 4) is 17.2 Å². The summed E-state index contributed by atoms with van der Waals surface area (Å²) < 4.78 is 21.1. The molecule has 0 unspecified atom stereocenters. The third kappa shape index (κ3) is 4.60. The molecule has 0 radical (unpaired) electrons. The van der Waals surface area contributed by atoms with E-state index in [2.05, 4.69) is 5.32 Å². The lowest BCUT2D eigenvalue weighted by molar-refractivity contribution is 0.0303. The number of benzene rings is 2. The van der Waals surface area contributed by atoms with E-state index < -0.39 is 5.91 Å². The molecule has 2 aromatic rings. The lowest BCUT2D eigenvalue weighted by Crippen LogP contribution is -2.40. The molecule has 0 bridgehead atoms. The van der Waals surface area contributed by atoms with Crippen LogP contribution in [-0.2, 0) is 4.74 Å². The van der Waals surface area contributed by atoms with Crippen LogP contribution in [0.4, 0.5) is 5.69 Å². The zero-order chi connectivity index (χ0) is 20.8. The third-order valence-electron chi connectivity index (χ3n) is 4.62. The number of ether oxygens (including phenoxy) is 4. The van der Waals surface area contributed by atoms with Gasteiger partial charge in [0.15, 0.2) is 11.5 Å². The predicted molar refractivity (Wildman–Crippen MR) is 107 cm³/mol. The van der Waals surface area contributed by atoms with Gasteiger partial charge in [0.25, 0.3) is 11.8 Å². The molecule has 3 rings (SSSR count). The van der Waals surface area contributed by atoms with E-state index in [-0.39, 0.29) is 11.5 Å². The first kappa shape index (κ1) is 20.5. The number of carbonyl (C=O) groups is 2. The number of amides is 2. The molecule has 0 aromatic heterocycles. The number of carbonyl (C=O) groups excluding carboxylic acids is 2. The van der Waals surface area contributed by atoms with E-state index in [1.165, 1.54) is 21.3 Å². The third-order valence-corrected chi connectivity index (χ3v) is 4.62. The average molecular weight is 400 g/mol. The van der Waals surface area contributed by atoms with Crippen molar-refractivity contribution in [2.45, 2.75) is 0 Å². The molecule has 29 heavy (non-hydrogen) atoms. The van der Waals surface area contributed by atoms with E-state index in [1.807, 2.05) is 0 Å². The standard InChI is InChI=1S/C21H24N2O6/c1-26-17-13-19(28-3)18(27-2)12-16(17)20(24)22-15-6-4-5-14(11-15)21(25)23-7-9-29-10-8-23/h4-6,11-13H,7-10H2,1-3H3,(H,22,24). The van der Waals surface area contributed by atoms with Crippen LogP contribution < -0.4 is 19.5 Å². The highest BCUT2D eigenvalue weighted by Gasteiger charge is 2.20. The lowest BCUT2D eigenvalue weighted by atomic mass is 10.1. The van der Waals surface area contributed by atoms with E-state index in [4.69, 9.17) is 18.9 Å². The Morgan fingerprint density at radius 3 is 2.24 bits per heavy atom. The van der Waals surface area contributed by atoms with Crippen molar-refractivity contribution in [1.82, 2.24) is 4.90 Å². The van der Waals surface area contributed by atoms with Crippen LogP contribution >= 0.6 is 0 Å². The highest BCUT2D eigenvalue weighted by atomic mass is 16.5. The molecule has 2 amide bonds. The SMILES string of the molecule is COc1cc(OC)c(C(=O)Nc2cccc(C(=O)N3CCOCC3)c2)cc1OC. The van der Waals surface area contributed by atoms with Crippen molar-refractivity contribution in [3.05, 3.63) is 47.5 Å². The van der Waals surface area contributed by atoms with Crippen LogP contribution in [0.1, 0.15) is 20.7 Å². The zero-order valence-corrected chi connectivity index (χ0v) is 16.7. The Morgan fingerprint density at radius 1 is 0.931 bits per heavy atom. The molecule has 1 aliphatic heterocycles. The molecule has 0 aliphatic carbocycles. The molecule has 1 aliphatic rings. The number of methoxy groups -OCH3 is 3. The summed E-state index contributed by atoms with van der Waals surface area (Å²) in [5, 5.41) is 2.81. The number of nitrogens with one attached hydrogen (secondary N) is 1. The second-order valence-electron chi connectivity index (χ2n) is 6.35. The molecule has 1 saturated heterocycles. The van der Waals surface area contributed by atoms with Crippen molar-refractivity contribution >= 4 is 17.5 Å². The lowest BCUT2D eigenvalue weighted by Gasteiger charge is -2.27. The second-order valence-corrected chi connectivity index (χ2v) is 6.35. The number of anilines is 1. The van der Waals surface area contributed by atoms with Crippen molar-refractivity contribution in [1.29, 1.82) is 0 Å². The molecule has 1 N–H and O–H groups in total.